The van der Waals surface area contributed by atoms with Crippen molar-refractivity contribution >= 4 is 11.9 Å². The number of hydrogen-bond donors (Lipinski definition) is 0. The number of hydrogen-bond acceptors (Lipinski definition) is 3. The molecule has 1 aliphatic heterocycles. The van der Waals surface area contributed by atoms with Gasteiger partial charge in [0.25, 0.3) is 0 Å². The van der Waals surface area contributed by atoms with E-state index in [9.17, 15) is 9.59 Å². The lowest BCUT2D eigenvalue weighted by molar-refractivity contribution is -0.136. The lowest BCUT2D eigenvalue weighted by Gasteiger charge is -2.37. The zero-order valence-corrected chi connectivity index (χ0v) is 20.2. The predicted molar refractivity (Wildman–Crippen MR) is 135 cm³/mol. The van der Waals surface area contributed by atoms with E-state index in [-0.39, 0.29) is 48.4 Å². The molecule has 1 amide bonds. The standard InChI is InChI=1S/C31H30FNO3/c32-31(14-16-33(17-15-31)29(34)27-19-25(27)21-8-3-1-4-9-21)23-12-7-13-24(18-23)36-30(35)28-20-26(28)22-10-5-2-6-11-22/h1-13,18,25-28H,14-17,19-20H2. The van der Waals surface area contributed by atoms with Crippen molar-refractivity contribution < 1.29 is 18.7 Å². The van der Waals surface area contributed by atoms with Gasteiger partial charge >= 0.3 is 5.97 Å². The van der Waals surface area contributed by atoms with Crippen LogP contribution >= 0.6 is 0 Å². The molecule has 6 rings (SSSR count). The van der Waals surface area contributed by atoms with Crippen molar-refractivity contribution in [3.8, 4) is 5.75 Å². The van der Waals surface area contributed by atoms with Gasteiger partial charge in [-0.1, -0.05) is 72.8 Å². The average molecular weight is 484 g/mol. The molecule has 3 aromatic carbocycles. The summed E-state index contributed by atoms with van der Waals surface area (Å²) in [6.07, 6.45) is 2.15. The van der Waals surface area contributed by atoms with Crippen LogP contribution in [-0.4, -0.2) is 29.9 Å². The topological polar surface area (TPSA) is 46.6 Å². The van der Waals surface area contributed by atoms with Crippen LogP contribution in [0.25, 0.3) is 0 Å². The molecule has 5 heteroatoms. The van der Waals surface area contributed by atoms with Crippen molar-refractivity contribution in [1.82, 2.24) is 4.90 Å². The van der Waals surface area contributed by atoms with Gasteiger partial charge in [0.05, 0.1) is 5.92 Å². The minimum Gasteiger partial charge on any atom is -0.426 e. The number of amides is 1. The van der Waals surface area contributed by atoms with Gasteiger partial charge in [0.2, 0.25) is 5.91 Å². The van der Waals surface area contributed by atoms with Crippen molar-refractivity contribution in [3.05, 3.63) is 102 Å². The number of nitrogens with zero attached hydrogens (tertiary/aromatic N) is 1. The van der Waals surface area contributed by atoms with Gasteiger partial charge < -0.3 is 9.64 Å². The molecule has 3 aliphatic rings. The number of piperidine rings is 1. The van der Waals surface area contributed by atoms with Crippen LogP contribution < -0.4 is 4.74 Å². The quantitative estimate of drug-likeness (QED) is 0.320. The summed E-state index contributed by atoms with van der Waals surface area (Å²) in [7, 11) is 0. The summed E-state index contributed by atoms with van der Waals surface area (Å²) in [4.78, 5) is 27.5. The number of carbonyl (C=O) groups excluding carboxylic acids is 2. The molecule has 0 radical (unpaired) electrons. The van der Waals surface area contributed by atoms with Crippen LogP contribution in [0.1, 0.15) is 54.2 Å². The van der Waals surface area contributed by atoms with Crippen molar-refractivity contribution in [2.75, 3.05) is 13.1 Å². The summed E-state index contributed by atoms with van der Waals surface area (Å²) in [5, 5.41) is 0. The third-order valence-corrected chi connectivity index (χ3v) is 8.09. The molecule has 0 spiro atoms. The molecular weight excluding hydrogens is 453 g/mol. The Kier molecular flexibility index (Phi) is 5.87. The van der Waals surface area contributed by atoms with Gasteiger partial charge in [-0.15, -0.1) is 0 Å². The van der Waals surface area contributed by atoms with Crippen molar-refractivity contribution in [2.24, 2.45) is 11.8 Å². The second-order valence-electron chi connectivity index (χ2n) is 10.5. The highest BCUT2D eigenvalue weighted by Crippen LogP contribution is 2.50. The average Bonchev–Trinajstić information content (AvgIpc) is 3.84. The number of carbonyl (C=O) groups is 2. The van der Waals surface area contributed by atoms with E-state index in [1.54, 1.807) is 24.3 Å². The Balaban J connectivity index is 1.05. The molecule has 2 aliphatic carbocycles. The summed E-state index contributed by atoms with van der Waals surface area (Å²) >= 11 is 0. The molecule has 2 saturated carbocycles. The van der Waals surface area contributed by atoms with E-state index in [0.717, 1.165) is 18.4 Å². The maximum Gasteiger partial charge on any atom is 0.314 e. The van der Waals surface area contributed by atoms with Crippen molar-refractivity contribution in [3.63, 3.8) is 0 Å². The first-order valence-corrected chi connectivity index (χ1v) is 12.9. The Morgan fingerprint density at radius 3 is 2.00 bits per heavy atom. The fourth-order valence-electron chi connectivity index (χ4n) is 5.70. The van der Waals surface area contributed by atoms with Crippen LogP contribution in [0.15, 0.2) is 84.9 Å². The van der Waals surface area contributed by atoms with Gasteiger partial charge in [0.15, 0.2) is 0 Å². The van der Waals surface area contributed by atoms with E-state index < -0.39 is 5.67 Å². The summed E-state index contributed by atoms with van der Waals surface area (Å²) < 4.78 is 21.6. The van der Waals surface area contributed by atoms with E-state index in [1.807, 2.05) is 53.4 Å². The van der Waals surface area contributed by atoms with Gasteiger partial charge in [0, 0.05) is 31.8 Å². The SMILES string of the molecule is O=C(Oc1cccc(C2(F)CCN(C(=O)C3CC3c3ccccc3)CC2)c1)C1CC1c1ccccc1. The Hall–Kier alpha value is -3.47. The lowest BCUT2D eigenvalue weighted by Crippen LogP contribution is -2.44. The molecule has 3 aromatic rings. The minimum absolute atomic E-state index is 0.0180. The van der Waals surface area contributed by atoms with Gasteiger partial charge in [-0.3, -0.25) is 9.59 Å². The number of ether oxygens (including phenoxy) is 1. The third kappa shape index (κ3) is 4.55. The van der Waals surface area contributed by atoms with Gasteiger partial charge in [0.1, 0.15) is 11.4 Å². The van der Waals surface area contributed by atoms with E-state index >= 15 is 4.39 Å². The monoisotopic (exact) mass is 483 g/mol. The van der Waals surface area contributed by atoms with Crippen molar-refractivity contribution in [2.45, 2.75) is 43.2 Å². The highest BCUT2D eigenvalue weighted by atomic mass is 19.1. The van der Waals surface area contributed by atoms with Crippen LogP contribution in [0.5, 0.6) is 5.75 Å². The molecule has 4 atom stereocenters. The molecule has 0 bridgehead atoms. The maximum atomic E-state index is 16.0. The third-order valence-electron chi connectivity index (χ3n) is 8.09. The van der Waals surface area contributed by atoms with E-state index in [1.165, 1.54) is 5.56 Å². The number of halogens is 1. The van der Waals surface area contributed by atoms with E-state index in [0.29, 0.717) is 24.4 Å². The Morgan fingerprint density at radius 1 is 0.778 bits per heavy atom. The molecule has 1 heterocycles. The zero-order valence-electron chi connectivity index (χ0n) is 20.2. The zero-order chi connectivity index (χ0) is 24.7. The van der Waals surface area contributed by atoms with Crippen LogP contribution in [0, 0.1) is 11.8 Å². The molecular formula is C31H30FNO3. The second kappa shape index (κ2) is 9.20. The van der Waals surface area contributed by atoms with Gasteiger partial charge in [-0.25, -0.2) is 4.39 Å². The first kappa shape index (κ1) is 23.0. The normalized spacial score (nSPS) is 26.2. The first-order valence-electron chi connectivity index (χ1n) is 12.9. The number of alkyl halides is 1. The number of esters is 1. The fourth-order valence-corrected chi connectivity index (χ4v) is 5.70. The predicted octanol–water partition coefficient (Wildman–Crippen LogP) is 5.99. The van der Waals surface area contributed by atoms with Crippen LogP contribution in [-0.2, 0) is 15.3 Å². The largest absolute Gasteiger partial charge is 0.426 e. The summed E-state index contributed by atoms with van der Waals surface area (Å²) in [5.74, 6) is 0.628. The van der Waals surface area contributed by atoms with E-state index in [4.69, 9.17) is 4.74 Å². The maximum absolute atomic E-state index is 16.0. The molecule has 0 N–H and O–H groups in total. The van der Waals surface area contributed by atoms with Crippen LogP contribution in [0.2, 0.25) is 0 Å². The molecule has 1 saturated heterocycles. The van der Waals surface area contributed by atoms with Crippen LogP contribution in [0.4, 0.5) is 4.39 Å². The first-order chi connectivity index (χ1) is 17.5. The molecule has 0 aromatic heterocycles. The van der Waals surface area contributed by atoms with Crippen LogP contribution in [0.3, 0.4) is 0 Å². The minimum atomic E-state index is -1.53. The Labute approximate surface area is 211 Å². The molecule has 3 fully saturated rings. The van der Waals surface area contributed by atoms with Gasteiger partial charge in [-0.05, 0) is 53.5 Å². The lowest BCUT2D eigenvalue weighted by atomic mass is 9.86. The molecule has 184 valence electrons. The number of rotatable bonds is 6. The van der Waals surface area contributed by atoms with Crippen molar-refractivity contribution in [1.29, 1.82) is 0 Å². The summed E-state index contributed by atoms with van der Waals surface area (Å²) in [5.41, 5.74) is 1.34. The fraction of sp³-hybridized carbons (Fsp3) is 0.355. The summed E-state index contributed by atoms with van der Waals surface area (Å²) in [6.45, 7) is 0.802. The molecule has 4 unspecified atom stereocenters. The number of benzene rings is 3. The number of likely N-dealkylation sites (tertiary alicyclic amines) is 1. The summed E-state index contributed by atoms with van der Waals surface area (Å²) in [6, 6.07) is 27.0. The Bertz CT molecular complexity index is 1250. The highest BCUT2D eigenvalue weighted by molar-refractivity contribution is 5.83. The smallest absolute Gasteiger partial charge is 0.314 e. The highest BCUT2D eigenvalue weighted by Gasteiger charge is 2.48. The Morgan fingerprint density at radius 2 is 1.36 bits per heavy atom. The van der Waals surface area contributed by atoms with E-state index in [2.05, 4.69) is 12.1 Å². The molecule has 4 nitrogen and oxygen atoms in total. The second-order valence-corrected chi connectivity index (χ2v) is 10.5. The van der Waals surface area contributed by atoms with Gasteiger partial charge in [-0.2, -0.15) is 0 Å². The molecule has 36 heavy (non-hydrogen) atoms.